The van der Waals surface area contributed by atoms with Gasteiger partial charge in [0.2, 0.25) is 0 Å². The first-order valence-corrected chi connectivity index (χ1v) is 5.03. The Morgan fingerprint density at radius 2 is 2.17 bits per heavy atom. The minimum Gasteiger partial charge on any atom is -0.330 e. The maximum Gasteiger partial charge on any atom is 0.0125 e. The van der Waals surface area contributed by atoms with E-state index in [1.807, 2.05) is 0 Å². The summed E-state index contributed by atoms with van der Waals surface area (Å²) >= 11 is 0. The second-order valence-electron chi connectivity index (χ2n) is 4.66. The van der Waals surface area contributed by atoms with Gasteiger partial charge in [-0.2, -0.15) is 0 Å². The van der Waals surface area contributed by atoms with Crippen LogP contribution in [-0.4, -0.2) is 19.1 Å². The highest BCUT2D eigenvalue weighted by Gasteiger charge is 2.45. The molecule has 0 bridgehead atoms. The standard InChI is InChI=1S/C10H22N2/c1-4-8(6-11)7-12-9-5-10(9,2)3/h8-9,12H,4-7,11H2,1-3H3. The lowest BCUT2D eigenvalue weighted by Gasteiger charge is -2.13. The molecule has 0 heterocycles. The lowest BCUT2D eigenvalue weighted by Crippen LogP contribution is -2.30. The van der Waals surface area contributed by atoms with E-state index in [1.165, 1.54) is 12.8 Å². The largest absolute Gasteiger partial charge is 0.330 e. The zero-order valence-electron chi connectivity index (χ0n) is 8.56. The Balaban J connectivity index is 2.10. The fourth-order valence-electron chi connectivity index (χ4n) is 1.52. The minimum absolute atomic E-state index is 0.549. The molecule has 72 valence electrons. The molecule has 0 aromatic rings. The van der Waals surface area contributed by atoms with Crippen molar-refractivity contribution in [2.75, 3.05) is 13.1 Å². The Hall–Kier alpha value is -0.0800. The van der Waals surface area contributed by atoms with Crippen molar-refractivity contribution < 1.29 is 0 Å². The van der Waals surface area contributed by atoms with Gasteiger partial charge in [-0.15, -0.1) is 0 Å². The molecule has 3 N–H and O–H groups in total. The number of hydrogen-bond donors (Lipinski definition) is 2. The SMILES string of the molecule is CCC(CN)CNC1CC1(C)C. The lowest BCUT2D eigenvalue weighted by atomic mass is 10.1. The van der Waals surface area contributed by atoms with E-state index in [2.05, 4.69) is 26.1 Å². The molecule has 0 aliphatic heterocycles. The molecule has 1 aliphatic rings. The molecule has 12 heavy (non-hydrogen) atoms. The van der Waals surface area contributed by atoms with Crippen LogP contribution in [0.1, 0.15) is 33.6 Å². The van der Waals surface area contributed by atoms with Crippen LogP contribution in [0.15, 0.2) is 0 Å². The fraction of sp³-hybridized carbons (Fsp3) is 1.00. The summed E-state index contributed by atoms with van der Waals surface area (Å²) in [5.41, 5.74) is 6.17. The van der Waals surface area contributed by atoms with E-state index in [0.29, 0.717) is 11.3 Å². The van der Waals surface area contributed by atoms with Crippen LogP contribution >= 0.6 is 0 Å². The Kier molecular flexibility index (Phi) is 3.13. The lowest BCUT2D eigenvalue weighted by molar-refractivity contribution is 0.444. The molecule has 0 saturated heterocycles. The van der Waals surface area contributed by atoms with Crippen LogP contribution in [0.2, 0.25) is 0 Å². The van der Waals surface area contributed by atoms with Gasteiger partial charge in [0.15, 0.2) is 0 Å². The molecule has 2 unspecified atom stereocenters. The molecule has 2 heteroatoms. The van der Waals surface area contributed by atoms with Crippen LogP contribution in [0.4, 0.5) is 0 Å². The monoisotopic (exact) mass is 170 g/mol. The van der Waals surface area contributed by atoms with Crippen molar-refractivity contribution in [3.05, 3.63) is 0 Å². The van der Waals surface area contributed by atoms with Crippen LogP contribution in [0.3, 0.4) is 0 Å². The maximum atomic E-state index is 5.62. The molecule has 0 aromatic carbocycles. The molecule has 2 atom stereocenters. The van der Waals surface area contributed by atoms with E-state index in [9.17, 15) is 0 Å². The normalized spacial score (nSPS) is 28.5. The third kappa shape index (κ3) is 2.46. The van der Waals surface area contributed by atoms with E-state index >= 15 is 0 Å². The zero-order chi connectivity index (χ0) is 9.19. The van der Waals surface area contributed by atoms with Crippen LogP contribution in [0.5, 0.6) is 0 Å². The summed E-state index contributed by atoms with van der Waals surface area (Å²) < 4.78 is 0. The Labute approximate surface area is 75.9 Å². The highest BCUT2D eigenvalue weighted by molar-refractivity contribution is 5.01. The summed E-state index contributed by atoms with van der Waals surface area (Å²) in [6.45, 7) is 8.75. The second-order valence-corrected chi connectivity index (χ2v) is 4.66. The quantitative estimate of drug-likeness (QED) is 0.654. The first-order valence-electron chi connectivity index (χ1n) is 5.03. The molecule has 1 rings (SSSR count). The molecule has 0 spiro atoms. The third-order valence-electron chi connectivity index (χ3n) is 3.08. The van der Waals surface area contributed by atoms with Crippen molar-refractivity contribution >= 4 is 0 Å². The molecule has 1 fully saturated rings. The van der Waals surface area contributed by atoms with Crippen molar-refractivity contribution in [1.29, 1.82) is 0 Å². The van der Waals surface area contributed by atoms with Gasteiger partial charge in [-0.3, -0.25) is 0 Å². The number of rotatable bonds is 5. The number of hydrogen-bond acceptors (Lipinski definition) is 2. The highest BCUT2D eigenvalue weighted by atomic mass is 15.0. The summed E-state index contributed by atoms with van der Waals surface area (Å²) in [6, 6.07) is 0.748. The average molecular weight is 170 g/mol. The van der Waals surface area contributed by atoms with Gasteiger partial charge in [0, 0.05) is 6.04 Å². The van der Waals surface area contributed by atoms with Crippen LogP contribution in [0.25, 0.3) is 0 Å². The van der Waals surface area contributed by atoms with E-state index in [-0.39, 0.29) is 0 Å². The average Bonchev–Trinajstić information content (AvgIpc) is 2.61. The fourth-order valence-corrected chi connectivity index (χ4v) is 1.52. The summed E-state index contributed by atoms with van der Waals surface area (Å²) in [4.78, 5) is 0. The highest BCUT2D eigenvalue weighted by Crippen LogP contribution is 2.44. The van der Waals surface area contributed by atoms with Crippen molar-refractivity contribution in [2.45, 2.75) is 39.7 Å². The van der Waals surface area contributed by atoms with Gasteiger partial charge in [0.05, 0.1) is 0 Å². The van der Waals surface area contributed by atoms with Crippen molar-refractivity contribution in [3.63, 3.8) is 0 Å². The summed E-state index contributed by atoms with van der Waals surface area (Å²) in [7, 11) is 0. The van der Waals surface area contributed by atoms with Gasteiger partial charge in [0.25, 0.3) is 0 Å². The van der Waals surface area contributed by atoms with Crippen molar-refractivity contribution in [3.8, 4) is 0 Å². The van der Waals surface area contributed by atoms with Crippen molar-refractivity contribution in [1.82, 2.24) is 5.32 Å². The van der Waals surface area contributed by atoms with Crippen LogP contribution in [-0.2, 0) is 0 Å². The Morgan fingerprint density at radius 1 is 1.58 bits per heavy atom. The van der Waals surface area contributed by atoms with Gasteiger partial charge in [-0.25, -0.2) is 0 Å². The Bertz CT molecular complexity index is 137. The Morgan fingerprint density at radius 3 is 2.50 bits per heavy atom. The molecular weight excluding hydrogens is 148 g/mol. The molecule has 1 saturated carbocycles. The topological polar surface area (TPSA) is 38.0 Å². The minimum atomic E-state index is 0.549. The van der Waals surface area contributed by atoms with E-state index < -0.39 is 0 Å². The van der Waals surface area contributed by atoms with Crippen molar-refractivity contribution in [2.24, 2.45) is 17.1 Å². The van der Waals surface area contributed by atoms with Gasteiger partial charge >= 0.3 is 0 Å². The molecule has 0 radical (unpaired) electrons. The van der Waals surface area contributed by atoms with E-state index in [1.54, 1.807) is 0 Å². The van der Waals surface area contributed by atoms with E-state index in [0.717, 1.165) is 19.1 Å². The number of nitrogens with two attached hydrogens (primary N) is 1. The van der Waals surface area contributed by atoms with Gasteiger partial charge < -0.3 is 11.1 Å². The summed E-state index contributed by atoms with van der Waals surface area (Å²) in [5.74, 6) is 0.668. The summed E-state index contributed by atoms with van der Waals surface area (Å²) in [6.07, 6.45) is 2.52. The zero-order valence-corrected chi connectivity index (χ0v) is 8.56. The van der Waals surface area contributed by atoms with Crippen LogP contribution < -0.4 is 11.1 Å². The molecule has 0 amide bonds. The first-order chi connectivity index (χ1) is 5.60. The molecule has 2 nitrogen and oxygen atoms in total. The first kappa shape index (κ1) is 10.0. The van der Waals surface area contributed by atoms with E-state index in [4.69, 9.17) is 5.73 Å². The van der Waals surface area contributed by atoms with Crippen LogP contribution in [0, 0.1) is 11.3 Å². The second kappa shape index (κ2) is 3.75. The molecular formula is C10H22N2. The predicted molar refractivity (Wildman–Crippen MR) is 53.0 cm³/mol. The molecule has 1 aliphatic carbocycles. The third-order valence-corrected chi connectivity index (χ3v) is 3.08. The van der Waals surface area contributed by atoms with Gasteiger partial charge in [-0.05, 0) is 30.8 Å². The van der Waals surface area contributed by atoms with Gasteiger partial charge in [-0.1, -0.05) is 27.2 Å². The predicted octanol–water partition coefficient (Wildman–Crippen LogP) is 1.36. The smallest absolute Gasteiger partial charge is 0.0125 e. The molecule has 0 aromatic heterocycles. The maximum absolute atomic E-state index is 5.62. The summed E-state index contributed by atoms with van der Waals surface area (Å²) in [5, 5.41) is 3.57. The van der Waals surface area contributed by atoms with Gasteiger partial charge in [0.1, 0.15) is 0 Å². The number of nitrogens with one attached hydrogen (secondary N) is 1.